The highest BCUT2D eigenvalue weighted by Gasteiger charge is 1.99. The fourth-order valence-corrected chi connectivity index (χ4v) is 1.58. The van der Waals surface area contributed by atoms with Crippen LogP contribution < -0.4 is 0 Å². The van der Waals surface area contributed by atoms with E-state index in [2.05, 4.69) is 29.8 Å². The van der Waals surface area contributed by atoms with E-state index in [9.17, 15) is 0 Å². The van der Waals surface area contributed by atoms with Gasteiger partial charge in [0.15, 0.2) is 0 Å². The van der Waals surface area contributed by atoms with E-state index in [0.717, 1.165) is 5.92 Å². The summed E-state index contributed by atoms with van der Waals surface area (Å²) < 4.78 is 0. The average Bonchev–Trinajstić information content (AvgIpc) is 1.83. The summed E-state index contributed by atoms with van der Waals surface area (Å²) in [7, 11) is 0. The van der Waals surface area contributed by atoms with Gasteiger partial charge >= 0.3 is 0 Å². The molecule has 0 saturated heterocycles. The highest BCUT2D eigenvalue weighted by Crippen LogP contribution is 2.12. The first-order chi connectivity index (χ1) is 3.85. The lowest BCUT2D eigenvalue weighted by molar-refractivity contribution is 0.520. The Labute approximate surface area is 60.8 Å². The molecule has 50 valence electrons. The lowest BCUT2D eigenvalue weighted by Gasteiger charge is -2.07. The zero-order valence-corrected chi connectivity index (χ0v) is 7.37. The molecule has 0 saturated carbocycles. The van der Waals surface area contributed by atoms with Crippen LogP contribution in [0.5, 0.6) is 0 Å². The molecule has 0 fully saturated rings. The van der Waals surface area contributed by atoms with Crippen molar-refractivity contribution < 1.29 is 0 Å². The molecule has 0 nitrogen and oxygen atoms in total. The van der Waals surface area contributed by atoms with Gasteiger partial charge in [0, 0.05) is 5.33 Å². The Bertz CT molecular complexity index is 39.7. The summed E-state index contributed by atoms with van der Waals surface area (Å²) in [6.07, 6.45) is 4.02. The van der Waals surface area contributed by atoms with E-state index >= 15 is 0 Å². The molecule has 0 bridgehead atoms. The maximum atomic E-state index is 3.48. The molecule has 0 unspecified atom stereocenters. The first-order valence-corrected chi connectivity index (χ1v) is 4.53. The standard InChI is InChI=1S/C7H15Br/c1-3-5-7(4-2)6-8/h7H,3-6H2,1-2H3/t7-/m1/s1. The molecule has 0 aromatic rings. The van der Waals surface area contributed by atoms with Crippen molar-refractivity contribution >= 4 is 15.9 Å². The molecule has 0 N–H and O–H groups in total. The molecule has 8 heavy (non-hydrogen) atoms. The minimum absolute atomic E-state index is 0.917. The molecule has 1 heteroatoms. The van der Waals surface area contributed by atoms with E-state index in [4.69, 9.17) is 0 Å². The SMILES string of the molecule is CCC[C@@H](CC)CBr. The minimum atomic E-state index is 0.917. The monoisotopic (exact) mass is 178 g/mol. The molecule has 0 aromatic heterocycles. The Morgan fingerprint density at radius 2 is 2.00 bits per heavy atom. The third-order valence-electron chi connectivity index (χ3n) is 1.49. The molecule has 1 atom stereocenters. The Hall–Kier alpha value is 0.480. The van der Waals surface area contributed by atoms with Crippen molar-refractivity contribution in [3.63, 3.8) is 0 Å². The van der Waals surface area contributed by atoms with Crippen LogP contribution >= 0.6 is 15.9 Å². The topological polar surface area (TPSA) is 0 Å². The van der Waals surface area contributed by atoms with Crippen molar-refractivity contribution in [2.75, 3.05) is 5.33 Å². The summed E-state index contributed by atoms with van der Waals surface area (Å²) in [5, 5.41) is 1.18. The zero-order valence-electron chi connectivity index (χ0n) is 5.78. The van der Waals surface area contributed by atoms with Gasteiger partial charge in [-0.15, -0.1) is 0 Å². The third kappa shape index (κ3) is 3.48. The lowest BCUT2D eigenvalue weighted by atomic mass is 10.0. The number of rotatable bonds is 4. The molecule has 0 aliphatic rings. The van der Waals surface area contributed by atoms with Gasteiger partial charge in [-0.05, 0) is 12.3 Å². The fourth-order valence-electron chi connectivity index (χ4n) is 0.799. The van der Waals surface area contributed by atoms with E-state index < -0.39 is 0 Å². The quantitative estimate of drug-likeness (QED) is 0.581. The number of hydrogen-bond acceptors (Lipinski definition) is 0. The summed E-state index contributed by atoms with van der Waals surface area (Å²) in [5.41, 5.74) is 0. The molecule has 0 aromatic carbocycles. The van der Waals surface area contributed by atoms with E-state index in [1.54, 1.807) is 0 Å². The van der Waals surface area contributed by atoms with Gasteiger partial charge in [-0.25, -0.2) is 0 Å². The normalized spacial score (nSPS) is 13.9. The van der Waals surface area contributed by atoms with Crippen molar-refractivity contribution in [2.24, 2.45) is 5.92 Å². The predicted octanol–water partition coefficient (Wildman–Crippen LogP) is 3.21. The van der Waals surface area contributed by atoms with Gasteiger partial charge in [-0.2, -0.15) is 0 Å². The van der Waals surface area contributed by atoms with Gasteiger partial charge in [-0.1, -0.05) is 42.6 Å². The van der Waals surface area contributed by atoms with Crippen molar-refractivity contribution in [3.05, 3.63) is 0 Å². The van der Waals surface area contributed by atoms with Gasteiger partial charge in [0.05, 0.1) is 0 Å². The average molecular weight is 179 g/mol. The van der Waals surface area contributed by atoms with Crippen LogP contribution in [0.25, 0.3) is 0 Å². The van der Waals surface area contributed by atoms with E-state index in [-0.39, 0.29) is 0 Å². The number of alkyl halides is 1. The van der Waals surface area contributed by atoms with Crippen LogP contribution in [0.3, 0.4) is 0 Å². The molecule has 0 radical (unpaired) electrons. The molecular weight excluding hydrogens is 164 g/mol. The van der Waals surface area contributed by atoms with Crippen LogP contribution in [0, 0.1) is 5.92 Å². The predicted molar refractivity (Wildman–Crippen MR) is 42.5 cm³/mol. The van der Waals surface area contributed by atoms with Crippen molar-refractivity contribution in [1.82, 2.24) is 0 Å². The number of hydrogen-bond donors (Lipinski definition) is 0. The number of halogens is 1. The summed E-state index contributed by atoms with van der Waals surface area (Å²) in [6.45, 7) is 4.49. The highest BCUT2D eigenvalue weighted by molar-refractivity contribution is 9.09. The molecule has 0 spiro atoms. The fraction of sp³-hybridized carbons (Fsp3) is 1.00. The lowest BCUT2D eigenvalue weighted by Crippen LogP contribution is -1.97. The van der Waals surface area contributed by atoms with Crippen molar-refractivity contribution in [2.45, 2.75) is 33.1 Å². The van der Waals surface area contributed by atoms with Crippen LogP contribution in [0.2, 0.25) is 0 Å². The molecule has 0 aliphatic carbocycles. The van der Waals surface area contributed by atoms with Crippen LogP contribution in [-0.2, 0) is 0 Å². The van der Waals surface area contributed by atoms with Gasteiger partial charge in [-0.3, -0.25) is 0 Å². The Kier molecular flexibility index (Phi) is 5.95. The molecule has 0 rings (SSSR count). The van der Waals surface area contributed by atoms with Crippen LogP contribution in [0.15, 0.2) is 0 Å². The summed E-state index contributed by atoms with van der Waals surface area (Å²) >= 11 is 3.48. The first-order valence-electron chi connectivity index (χ1n) is 3.41. The van der Waals surface area contributed by atoms with Gasteiger partial charge in [0.1, 0.15) is 0 Å². The molecular formula is C7H15Br. The van der Waals surface area contributed by atoms with E-state index in [1.165, 1.54) is 24.6 Å². The van der Waals surface area contributed by atoms with Gasteiger partial charge in [0.2, 0.25) is 0 Å². The van der Waals surface area contributed by atoms with E-state index in [0.29, 0.717) is 0 Å². The van der Waals surface area contributed by atoms with Crippen LogP contribution in [0.4, 0.5) is 0 Å². The Morgan fingerprint density at radius 1 is 1.38 bits per heavy atom. The second kappa shape index (κ2) is 5.61. The Morgan fingerprint density at radius 3 is 2.12 bits per heavy atom. The maximum Gasteiger partial charge on any atom is 0.00595 e. The highest BCUT2D eigenvalue weighted by atomic mass is 79.9. The van der Waals surface area contributed by atoms with Crippen LogP contribution in [-0.4, -0.2) is 5.33 Å². The molecule has 0 aliphatic heterocycles. The van der Waals surface area contributed by atoms with Gasteiger partial charge in [0.25, 0.3) is 0 Å². The minimum Gasteiger partial charge on any atom is -0.0925 e. The molecule has 0 heterocycles. The second-order valence-corrected chi connectivity index (χ2v) is 2.86. The molecule has 0 amide bonds. The summed E-state index contributed by atoms with van der Waals surface area (Å²) in [6, 6.07) is 0. The smallest absolute Gasteiger partial charge is 0.00595 e. The van der Waals surface area contributed by atoms with Gasteiger partial charge < -0.3 is 0 Å². The summed E-state index contributed by atoms with van der Waals surface area (Å²) in [5.74, 6) is 0.917. The van der Waals surface area contributed by atoms with Crippen molar-refractivity contribution in [3.8, 4) is 0 Å². The first kappa shape index (κ1) is 8.48. The maximum absolute atomic E-state index is 3.48. The van der Waals surface area contributed by atoms with E-state index in [1.807, 2.05) is 0 Å². The van der Waals surface area contributed by atoms with Crippen molar-refractivity contribution in [1.29, 1.82) is 0 Å². The second-order valence-electron chi connectivity index (χ2n) is 2.22. The summed E-state index contributed by atoms with van der Waals surface area (Å²) in [4.78, 5) is 0. The largest absolute Gasteiger partial charge is 0.0925 e. The van der Waals surface area contributed by atoms with Crippen LogP contribution in [0.1, 0.15) is 33.1 Å². The zero-order chi connectivity index (χ0) is 6.41. The Balaban J connectivity index is 3.07. The third-order valence-corrected chi connectivity index (χ3v) is 2.41.